The van der Waals surface area contributed by atoms with Crippen LogP contribution in [0, 0.1) is 11.3 Å². The van der Waals surface area contributed by atoms with Crippen LogP contribution in [-0.2, 0) is 17.5 Å². The summed E-state index contributed by atoms with van der Waals surface area (Å²) in [4.78, 5) is 21.8. The van der Waals surface area contributed by atoms with Crippen molar-refractivity contribution in [1.82, 2.24) is 15.2 Å². The number of hydrogen-bond acceptors (Lipinski definition) is 5. The molecule has 6 nitrogen and oxygen atoms in total. The SMILES string of the molecule is CC1C2CN(c3cc(C(F)(F)F)ccn3)CCN2C(=O)[C@]12CC[C@@H](NCc1ccc(Oc3ccccc3)cc1)C2. The number of aromatic nitrogens is 1. The maximum Gasteiger partial charge on any atom is 0.416 e. The van der Waals surface area contributed by atoms with E-state index in [0.29, 0.717) is 32.0 Å². The highest BCUT2D eigenvalue weighted by Gasteiger charge is 2.60. The van der Waals surface area contributed by atoms with Crippen molar-refractivity contribution < 1.29 is 22.7 Å². The molecule has 2 aliphatic heterocycles. The number of anilines is 1. The maximum absolute atomic E-state index is 13.7. The van der Waals surface area contributed by atoms with Gasteiger partial charge >= 0.3 is 6.18 Å². The Hall–Kier alpha value is -3.59. The van der Waals surface area contributed by atoms with Gasteiger partial charge in [-0.2, -0.15) is 13.2 Å². The molecule has 3 fully saturated rings. The van der Waals surface area contributed by atoms with E-state index in [4.69, 9.17) is 4.74 Å². The van der Waals surface area contributed by atoms with Gasteiger partial charge in [-0.25, -0.2) is 4.98 Å². The van der Waals surface area contributed by atoms with Crippen LogP contribution in [-0.4, -0.2) is 47.5 Å². The van der Waals surface area contributed by atoms with E-state index >= 15 is 0 Å². The lowest BCUT2D eigenvalue weighted by molar-refractivity contribution is -0.138. The van der Waals surface area contributed by atoms with Gasteiger partial charge in [0, 0.05) is 38.4 Å². The van der Waals surface area contributed by atoms with E-state index in [-0.39, 0.29) is 23.9 Å². The van der Waals surface area contributed by atoms with Gasteiger partial charge in [0.1, 0.15) is 17.3 Å². The summed E-state index contributed by atoms with van der Waals surface area (Å²) in [5, 5.41) is 3.66. The molecule has 1 aliphatic carbocycles. The van der Waals surface area contributed by atoms with Gasteiger partial charge in [-0.15, -0.1) is 0 Å². The van der Waals surface area contributed by atoms with E-state index in [1.165, 1.54) is 6.20 Å². The molecule has 3 heterocycles. The first-order valence-electron chi connectivity index (χ1n) is 13.9. The van der Waals surface area contributed by atoms with Crippen LogP contribution < -0.4 is 15.0 Å². The van der Waals surface area contributed by atoms with Crippen molar-refractivity contribution in [3.63, 3.8) is 0 Å². The predicted octanol–water partition coefficient (Wildman–Crippen LogP) is 5.89. The van der Waals surface area contributed by atoms with E-state index in [0.717, 1.165) is 48.5 Å². The molecule has 2 saturated heterocycles. The fourth-order valence-corrected chi connectivity index (χ4v) is 6.73. The number of nitrogens with one attached hydrogen (secondary N) is 1. The number of carbonyl (C=O) groups excluding carboxylic acids is 1. The number of rotatable bonds is 6. The zero-order chi connectivity index (χ0) is 27.9. The van der Waals surface area contributed by atoms with Crippen LogP contribution >= 0.6 is 0 Å². The summed E-state index contributed by atoms with van der Waals surface area (Å²) in [7, 11) is 0. The highest BCUT2D eigenvalue weighted by Crippen LogP contribution is 2.53. The summed E-state index contributed by atoms with van der Waals surface area (Å²) in [6, 6.07) is 20.0. The van der Waals surface area contributed by atoms with Gasteiger partial charge in [0.25, 0.3) is 0 Å². The van der Waals surface area contributed by atoms with Crippen LogP contribution in [0.3, 0.4) is 0 Å². The Balaban J connectivity index is 1.07. The van der Waals surface area contributed by atoms with Gasteiger partial charge in [-0.05, 0) is 67.1 Å². The normalized spacial score (nSPS) is 26.4. The molecule has 1 N–H and O–H groups in total. The monoisotopic (exact) mass is 550 g/mol. The smallest absolute Gasteiger partial charge is 0.416 e. The second kappa shape index (κ2) is 10.4. The number of para-hydroxylation sites is 1. The predicted molar refractivity (Wildman–Crippen MR) is 146 cm³/mol. The average Bonchev–Trinajstić information content (AvgIpc) is 3.49. The molecule has 1 amide bonds. The second-order valence-corrected chi connectivity index (χ2v) is 11.2. The van der Waals surface area contributed by atoms with Crippen molar-refractivity contribution in [2.75, 3.05) is 24.5 Å². The van der Waals surface area contributed by atoms with Crippen LogP contribution in [0.2, 0.25) is 0 Å². The Kier molecular flexibility index (Phi) is 6.94. The lowest BCUT2D eigenvalue weighted by Crippen LogP contribution is -2.53. The first-order chi connectivity index (χ1) is 19.2. The third kappa shape index (κ3) is 5.03. The van der Waals surface area contributed by atoms with Crippen molar-refractivity contribution >= 4 is 11.7 Å². The molecule has 2 unspecified atom stereocenters. The summed E-state index contributed by atoms with van der Waals surface area (Å²) in [5.74, 6) is 2.21. The molecular formula is C31H33F3N4O2. The Morgan fingerprint density at radius 2 is 1.80 bits per heavy atom. The standard InChI is InChI=1S/C31H33F3N4O2/c1-21-27-20-37(28-17-23(12-14-35-28)31(32,33)34)15-16-38(27)29(39)30(21)13-11-24(18-30)36-19-22-7-9-26(10-8-22)40-25-5-3-2-4-6-25/h2-10,12,14,17,21,24,27,36H,11,13,15-16,18-20H2,1H3/t21?,24-,27?,30+/m1/s1. The van der Waals surface area contributed by atoms with Gasteiger partial charge in [0.05, 0.1) is 17.0 Å². The topological polar surface area (TPSA) is 57.7 Å². The number of fused-ring (bicyclic) bond motifs is 1. The Labute approximate surface area is 232 Å². The number of nitrogens with zero attached hydrogens (tertiary/aromatic N) is 3. The van der Waals surface area contributed by atoms with Crippen molar-refractivity contribution in [3.8, 4) is 11.5 Å². The Morgan fingerprint density at radius 3 is 2.55 bits per heavy atom. The molecule has 3 aromatic rings. The van der Waals surface area contributed by atoms with Gasteiger partial charge in [-0.1, -0.05) is 37.3 Å². The minimum atomic E-state index is -4.41. The minimum Gasteiger partial charge on any atom is -0.457 e. The number of piperazine rings is 1. The zero-order valence-corrected chi connectivity index (χ0v) is 22.4. The lowest BCUT2D eigenvalue weighted by atomic mass is 9.74. The van der Waals surface area contributed by atoms with E-state index in [1.54, 1.807) is 0 Å². The van der Waals surface area contributed by atoms with Gasteiger partial charge in [0.2, 0.25) is 5.91 Å². The van der Waals surface area contributed by atoms with Crippen molar-refractivity contribution in [2.45, 2.75) is 51.0 Å². The van der Waals surface area contributed by atoms with E-state index in [2.05, 4.69) is 29.4 Å². The summed E-state index contributed by atoms with van der Waals surface area (Å²) >= 11 is 0. The number of alkyl halides is 3. The molecule has 3 aliphatic rings. The van der Waals surface area contributed by atoms with Crippen LogP contribution in [0.4, 0.5) is 19.0 Å². The van der Waals surface area contributed by atoms with Crippen molar-refractivity contribution in [3.05, 3.63) is 84.1 Å². The highest BCUT2D eigenvalue weighted by molar-refractivity contribution is 5.87. The third-order valence-electron chi connectivity index (χ3n) is 9.00. The highest BCUT2D eigenvalue weighted by atomic mass is 19.4. The molecule has 40 heavy (non-hydrogen) atoms. The van der Waals surface area contributed by atoms with Crippen LogP contribution in [0.5, 0.6) is 11.5 Å². The minimum absolute atomic E-state index is 0.0338. The molecule has 6 rings (SSSR count). The maximum atomic E-state index is 13.7. The number of benzene rings is 2. The summed E-state index contributed by atoms with van der Waals surface area (Å²) < 4.78 is 45.7. The number of carbonyl (C=O) groups is 1. The van der Waals surface area contributed by atoms with Gasteiger partial charge < -0.3 is 19.9 Å². The van der Waals surface area contributed by atoms with Crippen LogP contribution in [0.1, 0.15) is 37.3 Å². The number of pyridine rings is 1. The first-order valence-corrected chi connectivity index (χ1v) is 13.9. The van der Waals surface area contributed by atoms with E-state index < -0.39 is 17.2 Å². The molecule has 1 aromatic heterocycles. The number of halogens is 3. The van der Waals surface area contributed by atoms with Crippen LogP contribution in [0.25, 0.3) is 0 Å². The van der Waals surface area contributed by atoms with Crippen LogP contribution in [0.15, 0.2) is 72.9 Å². The lowest BCUT2D eigenvalue weighted by Gasteiger charge is -2.39. The largest absolute Gasteiger partial charge is 0.457 e. The van der Waals surface area contributed by atoms with Crippen molar-refractivity contribution in [1.29, 1.82) is 0 Å². The van der Waals surface area contributed by atoms with Gasteiger partial charge in [0.15, 0.2) is 0 Å². The number of hydrogen-bond donors (Lipinski definition) is 1. The molecule has 0 radical (unpaired) electrons. The zero-order valence-electron chi connectivity index (χ0n) is 22.4. The van der Waals surface area contributed by atoms with E-state index in [9.17, 15) is 18.0 Å². The Bertz CT molecular complexity index is 1350. The first kappa shape index (κ1) is 26.6. The van der Waals surface area contributed by atoms with E-state index in [1.807, 2.05) is 52.3 Å². The number of ether oxygens (including phenoxy) is 1. The fraction of sp³-hybridized carbons (Fsp3) is 0.419. The Morgan fingerprint density at radius 1 is 1.05 bits per heavy atom. The summed E-state index contributed by atoms with van der Waals surface area (Å²) in [6.07, 6.45) is -0.679. The quantitative estimate of drug-likeness (QED) is 0.415. The summed E-state index contributed by atoms with van der Waals surface area (Å²) in [6.45, 7) is 4.32. The number of amides is 1. The molecule has 4 atom stereocenters. The fourth-order valence-electron chi connectivity index (χ4n) is 6.73. The third-order valence-corrected chi connectivity index (χ3v) is 9.00. The average molecular weight is 551 g/mol. The molecule has 1 spiro atoms. The van der Waals surface area contributed by atoms with Gasteiger partial charge in [-0.3, -0.25) is 4.79 Å². The molecule has 2 aromatic carbocycles. The molecule has 0 bridgehead atoms. The molecule has 210 valence electrons. The second-order valence-electron chi connectivity index (χ2n) is 11.2. The van der Waals surface area contributed by atoms with Crippen molar-refractivity contribution in [2.24, 2.45) is 11.3 Å². The summed E-state index contributed by atoms with van der Waals surface area (Å²) in [5.41, 5.74) is 0.0243. The molecule has 1 saturated carbocycles. The molecule has 9 heteroatoms. The molecular weight excluding hydrogens is 517 g/mol.